The monoisotopic (exact) mass is 347 g/mol. The van der Waals surface area contributed by atoms with Gasteiger partial charge in [0.2, 0.25) is 15.9 Å². The van der Waals surface area contributed by atoms with Gasteiger partial charge in [0.25, 0.3) is 0 Å². The van der Waals surface area contributed by atoms with Crippen molar-refractivity contribution in [2.75, 3.05) is 50.0 Å². The zero-order valence-electron chi connectivity index (χ0n) is 12.8. The molecule has 6 nitrogen and oxygen atoms in total. The molecule has 2 N–H and O–H groups in total. The van der Waals surface area contributed by atoms with Gasteiger partial charge in [-0.1, -0.05) is 0 Å². The molecule has 0 aromatic carbocycles. The van der Waals surface area contributed by atoms with Gasteiger partial charge in [-0.3, -0.25) is 4.79 Å². The molecule has 2 heterocycles. The first-order valence-electron chi connectivity index (χ1n) is 8.08. The first-order valence-corrected chi connectivity index (χ1v) is 10.8. The molecule has 1 aliphatic carbocycles. The smallest absolute Gasteiger partial charge is 0.223 e. The molecule has 2 saturated heterocycles. The van der Waals surface area contributed by atoms with Crippen LogP contribution in [0.2, 0.25) is 0 Å². The van der Waals surface area contributed by atoms with Gasteiger partial charge in [0.05, 0.1) is 5.75 Å². The molecule has 3 aliphatic rings. The molecule has 0 aromatic rings. The van der Waals surface area contributed by atoms with Crippen LogP contribution in [0.5, 0.6) is 0 Å². The fourth-order valence-corrected chi connectivity index (χ4v) is 6.07. The number of piperidine rings is 1. The summed E-state index contributed by atoms with van der Waals surface area (Å²) in [5.41, 5.74) is 0.207. The van der Waals surface area contributed by atoms with Crippen LogP contribution in [0.1, 0.15) is 19.3 Å². The minimum atomic E-state index is -3.22. The van der Waals surface area contributed by atoms with Gasteiger partial charge in [-0.25, -0.2) is 12.7 Å². The second-order valence-corrected chi connectivity index (χ2v) is 9.80. The highest BCUT2D eigenvalue weighted by molar-refractivity contribution is 7.99. The maximum absolute atomic E-state index is 12.2. The first-order chi connectivity index (χ1) is 10.5. The maximum atomic E-state index is 12.2. The molecular weight excluding hydrogens is 322 g/mol. The van der Waals surface area contributed by atoms with Crippen molar-refractivity contribution in [3.63, 3.8) is 0 Å². The topological polar surface area (TPSA) is 78.5 Å². The second kappa shape index (κ2) is 6.67. The Morgan fingerprint density at radius 1 is 1.27 bits per heavy atom. The van der Waals surface area contributed by atoms with Crippen molar-refractivity contribution < 1.29 is 13.2 Å². The van der Waals surface area contributed by atoms with Crippen molar-refractivity contribution in [2.24, 2.45) is 11.3 Å². The molecule has 2 aliphatic heterocycles. The lowest BCUT2D eigenvalue weighted by Crippen LogP contribution is -2.42. The molecule has 0 bridgehead atoms. The van der Waals surface area contributed by atoms with Crippen LogP contribution in [0.3, 0.4) is 0 Å². The molecule has 1 atom stereocenters. The molecule has 0 aromatic heterocycles. The quantitative estimate of drug-likeness (QED) is 0.724. The summed E-state index contributed by atoms with van der Waals surface area (Å²) in [5.74, 6) is 1.90. The highest BCUT2D eigenvalue weighted by Crippen LogP contribution is 2.58. The molecule has 1 unspecified atom stereocenters. The van der Waals surface area contributed by atoms with Gasteiger partial charge >= 0.3 is 0 Å². The number of carbonyl (C=O) groups is 1. The zero-order chi connectivity index (χ0) is 15.6. The Kier molecular flexibility index (Phi) is 5.01. The van der Waals surface area contributed by atoms with Crippen LogP contribution in [0, 0.1) is 11.3 Å². The summed E-state index contributed by atoms with van der Waals surface area (Å²) in [6.07, 6.45) is 3.10. The van der Waals surface area contributed by atoms with E-state index in [1.807, 2.05) is 0 Å². The Labute approximate surface area is 136 Å². The van der Waals surface area contributed by atoms with E-state index in [9.17, 15) is 13.2 Å². The van der Waals surface area contributed by atoms with Crippen LogP contribution in [-0.2, 0) is 14.8 Å². The van der Waals surface area contributed by atoms with E-state index in [1.165, 1.54) is 0 Å². The van der Waals surface area contributed by atoms with E-state index in [2.05, 4.69) is 10.6 Å². The standard InChI is InChI=1S/C14H25N3O3S2/c18-13(12-11-14(12)1-3-15-4-2-14)16-5-10-22(19,20)17-6-8-21-9-7-17/h12,15H,1-11H2,(H,16,18). The molecule has 3 fully saturated rings. The summed E-state index contributed by atoms with van der Waals surface area (Å²) in [6, 6.07) is 0. The molecule has 1 spiro atoms. The van der Waals surface area contributed by atoms with Crippen molar-refractivity contribution in [3.8, 4) is 0 Å². The molecule has 126 valence electrons. The lowest BCUT2D eigenvalue weighted by molar-refractivity contribution is -0.123. The Morgan fingerprint density at radius 3 is 2.64 bits per heavy atom. The molecule has 0 radical (unpaired) electrons. The molecule has 8 heteroatoms. The van der Waals surface area contributed by atoms with Crippen LogP contribution in [-0.4, -0.2) is 68.6 Å². The van der Waals surface area contributed by atoms with E-state index >= 15 is 0 Å². The second-order valence-electron chi connectivity index (χ2n) is 6.49. The van der Waals surface area contributed by atoms with E-state index in [0.29, 0.717) is 13.1 Å². The van der Waals surface area contributed by atoms with E-state index in [4.69, 9.17) is 0 Å². The number of carbonyl (C=O) groups excluding carboxylic acids is 1. The summed E-state index contributed by atoms with van der Waals surface area (Å²) in [4.78, 5) is 12.2. The number of nitrogens with one attached hydrogen (secondary N) is 2. The average molecular weight is 348 g/mol. The number of sulfonamides is 1. The predicted molar refractivity (Wildman–Crippen MR) is 88.3 cm³/mol. The number of rotatable bonds is 5. The Morgan fingerprint density at radius 2 is 1.95 bits per heavy atom. The number of hydrogen-bond acceptors (Lipinski definition) is 5. The average Bonchev–Trinajstić information content (AvgIpc) is 3.22. The van der Waals surface area contributed by atoms with E-state index in [-0.39, 0.29) is 29.5 Å². The van der Waals surface area contributed by atoms with Crippen LogP contribution >= 0.6 is 11.8 Å². The predicted octanol–water partition coefficient (Wildman–Crippen LogP) is -0.129. The van der Waals surface area contributed by atoms with E-state index in [0.717, 1.165) is 43.9 Å². The van der Waals surface area contributed by atoms with Gasteiger partial charge in [0.1, 0.15) is 0 Å². The summed E-state index contributed by atoms with van der Waals surface area (Å²) in [7, 11) is -3.22. The zero-order valence-corrected chi connectivity index (χ0v) is 14.5. The lowest BCUT2D eigenvalue weighted by Gasteiger charge is -2.25. The van der Waals surface area contributed by atoms with Gasteiger partial charge in [-0.15, -0.1) is 0 Å². The van der Waals surface area contributed by atoms with Crippen molar-refractivity contribution >= 4 is 27.7 Å². The Bertz CT molecular complexity index is 511. The number of amides is 1. The number of nitrogens with zero attached hydrogens (tertiary/aromatic N) is 1. The normalized spacial score (nSPS) is 28.5. The third-order valence-corrected chi connectivity index (χ3v) is 7.94. The molecular formula is C14H25N3O3S2. The molecule has 1 saturated carbocycles. The van der Waals surface area contributed by atoms with Crippen molar-refractivity contribution in [1.29, 1.82) is 0 Å². The summed E-state index contributed by atoms with van der Waals surface area (Å²) >= 11 is 1.79. The van der Waals surface area contributed by atoms with Crippen LogP contribution in [0.15, 0.2) is 0 Å². The molecule has 22 heavy (non-hydrogen) atoms. The summed E-state index contributed by atoms with van der Waals surface area (Å²) in [5, 5.41) is 6.16. The van der Waals surface area contributed by atoms with Gasteiger partial charge < -0.3 is 10.6 Å². The summed E-state index contributed by atoms with van der Waals surface area (Å²) in [6.45, 7) is 3.41. The fraction of sp³-hybridized carbons (Fsp3) is 0.929. The SMILES string of the molecule is O=C(NCCS(=O)(=O)N1CCSCC1)C1CC12CCNCC2. The Balaban J connectivity index is 1.42. The van der Waals surface area contributed by atoms with Crippen molar-refractivity contribution in [2.45, 2.75) is 19.3 Å². The van der Waals surface area contributed by atoms with E-state index in [1.54, 1.807) is 16.1 Å². The van der Waals surface area contributed by atoms with Gasteiger partial charge in [0, 0.05) is 37.1 Å². The van der Waals surface area contributed by atoms with Gasteiger partial charge in [-0.2, -0.15) is 11.8 Å². The van der Waals surface area contributed by atoms with Crippen LogP contribution in [0.4, 0.5) is 0 Å². The Hall–Kier alpha value is -0.310. The number of thioether (sulfide) groups is 1. The highest BCUT2D eigenvalue weighted by atomic mass is 32.2. The van der Waals surface area contributed by atoms with Crippen LogP contribution < -0.4 is 10.6 Å². The highest BCUT2D eigenvalue weighted by Gasteiger charge is 2.57. The fourth-order valence-electron chi connectivity index (χ4n) is 3.58. The maximum Gasteiger partial charge on any atom is 0.223 e. The third kappa shape index (κ3) is 3.60. The van der Waals surface area contributed by atoms with Crippen LogP contribution in [0.25, 0.3) is 0 Å². The lowest BCUT2D eigenvalue weighted by atomic mass is 9.92. The van der Waals surface area contributed by atoms with Gasteiger partial charge in [0.15, 0.2) is 0 Å². The third-order valence-electron chi connectivity index (χ3n) is 5.13. The molecule has 1 amide bonds. The largest absolute Gasteiger partial charge is 0.355 e. The van der Waals surface area contributed by atoms with Gasteiger partial charge in [-0.05, 0) is 37.8 Å². The van der Waals surface area contributed by atoms with E-state index < -0.39 is 10.0 Å². The van der Waals surface area contributed by atoms with Crippen molar-refractivity contribution in [1.82, 2.24) is 14.9 Å². The minimum Gasteiger partial charge on any atom is -0.355 e. The van der Waals surface area contributed by atoms with Crippen molar-refractivity contribution in [3.05, 3.63) is 0 Å². The summed E-state index contributed by atoms with van der Waals surface area (Å²) < 4.78 is 26.0. The molecule has 3 rings (SSSR count). The first kappa shape index (κ1) is 16.5. The minimum absolute atomic E-state index is 0.0185. The number of hydrogen-bond donors (Lipinski definition) is 2.